The summed E-state index contributed by atoms with van der Waals surface area (Å²) in [5, 5.41) is 10.2. The van der Waals surface area contributed by atoms with Crippen LogP contribution < -0.4 is 5.32 Å². The highest BCUT2D eigenvalue weighted by molar-refractivity contribution is 5.75. The second-order valence-electron chi connectivity index (χ2n) is 4.26. The Labute approximate surface area is 112 Å². The summed E-state index contributed by atoms with van der Waals surface area (Å²) in [6.07, 6.45) is 1.76. The number of aromatic amines is 1. The Bertz CT molecular complexity index is 537. The van der Waals surface area contributed by atoms with Crippen LogP contribution in [-0.4, -0.2) is 29.3 Å². The lowest BCUT2D eigenvalue weighted by Gasteiger charge is -2.11. The molecule has 2 aromatic rings. The van der Waals surface area contributed by atoms with E-state index in [1.807, 2.05) is 30.3 Å². The molecule has 1 heterocycles. The first-order valence-corrected chi connectivity index (χ1v) is 6.11. The van der Waals surface area contributed by atoms with Crippen molar-refractivity contribution in [1.82, 2.24) is 15.5 Å². The fraction of sp³-hybridized carbons (Fsp3) is 0.286. The summed E-state index contributed by atoms with van der Waals surface area (Å²) in [5.41, 5.74) is 3.05. The van der Waals surface area contributed by atoms with Crippen LogP contribution in [0, 0.1) is 0 Å². The van der Waals surface area contributed by atoms with Gasteiger partial charge in [-0.05, 0) is 12.5 Å². The predicted molar refractivity (Wildman–Crippen MR) is 72.3 cm³/mol. The number of carbonyl (C=O) groups is 1. The summed E-state index contributed by atoms with van der Waals surface area (Å²) in [7, 11) is 1.38. The number of hydrogen-bond acceptors (Lipinski definition) is 4. The van der Waals surface area contributed by atoms with Gasteiger partial charge in [0.15, 0.2) is 0 Å². The smallest absolute Gasteiger partial charge is 0.322 e. The molecule has 19 heavy (non-hydrogen) atoms. The van der Waals surface area contributed by atoms with Crippen LogP contribution >= 0.6 is 0 Å². The number of benzene rings is 1. The van der Waals surface area contributed by atoms with Crippen molar-refractivity contribution in [3.8, 4) is 11.3 Å². The maximum atomic E-state index is 11.3. The van der Waals surface area contributed by atoms with Crippen LogP contribution in [0.3, 0.4) is 0 Å². The topological polar surface area (TPSA) is 67.0 Å². The first-order chi connectivity index (χ1) is 9.22. The van der Waals surface area contributed by atoms with Gasteiger partial charge in [0.1, 0.15) is 6.04 Å². The van der Waals surface area contributed by atoms with Gasteiger partial charge in [0.2, 0.25) is 0 Å². The standard InChI is InChI=1S/C14H17N3O2/c1-10(14(18)19-2)15-8-12-9-16-17-13(12)11-6-4-3-5-7-11/h3-7,9-10,15H,8H2,1-2H3,(H,16,17)/t10-/m0/s1. The summed E-state index contributed by atoms with van der Waals surface area (Å²) in [6, 6.07) is 9.61. The van der Waals surface area contributed by atoms with Crippen molar-refractivity contribution in [2.45, 2.75) is 19.5 Å². The van der Waals surface area contributed by atoms with Crippen LogP contribution in [0.5, 0.6) is 0 Å². The minimum Gasteiger partial charge on any atom is -0.468 e. The van der Waals surface area contributed by atoms with Gasteiger partial charge in [0, 0.05) is 12.1 Å². The SMILES string of the molecule is COC(=O)[C@H](C)NCc1cn[nH]c1-c1ccccc1. The first-order valence-electron chi connectivity index (χ1n) is 6.11. The van der Waals surface area contributed by atoms with Gasteiger partial charge in [-0.3, -0.25) is 9.89 Å². The first kappa shape index (κ1) is 13.3. The van der Waals surface area contributed by atoms with Gasteiger partial charge in [-0.2, -0.15) is 5.10 Å². The summed E-state index contributed by atoms with van der Waals surface area (Å²) in [4.78, 5) is 11.3. The number of ether oxygens (including phenoxy) is 1. The van der Waals surface area contributed by atoms with Gasteiger partial charge < -0.3 is 10.1 Å². The fourth-order valence-corrected chi connectivity index (χ4v) is 1.82. The van der Waals surface area contributed by atoms with E-state index in [1.165, 1.54) is 7.11 Å². The van der Waals surface area contributed by atoms with Gasteiger partial charge in [-0.15, -0.1) is 0 Å². The lowest BCUT2D eigenvalue weighted by atomic mass is 10.1. The molecule has 2 N–H and O–H groups in total. The molecule has 100 valence electrons. The Morgan fingerprint density at radius 3 is 2.84 bits per heavy atom. The average molecular weight is 259 g/mol. The van der Waals surface area contributed by atoms with Crippen LogP contribution in [0.4, 0.5) is 0 Å². The average Bonchev–Trinajstić information content (AvgIpc) is 2.93. The van der Waals surface area contributed by atoms with Crippen molar-refractivity contribution >= 4 is 5.97 Å². The summed E-state index contributed by atoms with van der Waals surface area (Å²) < 4.78 is 4.67. The van der Waals surface area contributed by atoms with Crippen molar-refractivity contribution in [3.05, 3.63) is 42.1 Å². The van der Waals surface area contributed by atoms with E-state index >= 15 is 0 Å². The number of nitrogens with zero attached hydrogens (tertiary/aromatic N) is 1. The molecule has 0 saturated carbocycles. The van der Waals surface area contributed by atoms with Crippen molar-refractivity contribution in [2.24, 2.45) is 0 Å². The van der Waals surface area contributed by atoms with Crippen LogP contribution in [-0.2, 0) is 16.1 Å². The molecule has 0 fully saturated rings. The Balaban J connectivity index is 2.07. The van der Waals surface area contributed by atoms with E-state index in [4.69, 9.17) is 0 Å². The third kappa shape index (κ3) is 3.20. The Hall–Kier alpha value is -2.14. The fourth-order valence-electron chi connectivity index (χ4n) is 1.82. The highest BCUT2D eigenvalue weighted by Crippen LogP contribution is 2.20. The van der Waals surface area contributed by atoms with E-state index in [9.17, 15) is 4.79 Å². The number of rotatable bonds is 5. The highest BCUT2D eigenvalue weighted by atomic mass is 16.5. The molecule has 0 aliphatic rings. The van der Waals surface area contributed by atoms with E-state index in [0.717, 1.165) is 16.8 Å². The molecule has 0 aliphatic carbocycles. The number of H-pyrrole nitrogens is 1. The molecule has 1 atom stereocenters. The zero-order chi connectivity index (χ0) is 13.7. The van der Waals surface area contributed by atoms with Crippen LogP contribution in [0.2, 0.25) is 0 Å². The molecule has 2 rings (SSSR count). The zero-order valence-corrected chi connectivity index (χ0v) is 11.0. The van der Waals surface area contributed by atoms with Crippen molar-refractivity contribution in [1.29, 1.82) is 0 Å². The second kappa shape index (κ2) is 6.15. The molecular weight excluding hydrogens is 242 g/mol. The highest BCUT2D eigenvalue weighted by Gasteiger charge is 2.14. The number of nitrogens with one attached hydrogen (secondary N) is 2. The second-order valence-corrected chi connectivity index (χ2v) is 4.26. The summed E-state index contributed by atoms with van der Waals surface area (Å²) in [5.74, 6) is -0.273. The largest absolute Gasteiger partial charge is 0.468 e. The molecular formula is C14H17N3O2. The molecule has 5 nitrogen and oxygen atoms in total. The number of aromatic nitrogens is 2. The van der Waals surface area contributed by atoms with Crippen LogP contribution in [0.1, 0.15) is 12.5 Å². The molecule has 5 heteroatoms. The minimum atomic E-state index is -0.344. The van der Waals surface area contributed by atoms with Crippen LogP contribution in [0.15, 0.2) is 36.5 Å². The molecule has 0 spiro atoms. The van der Waals surface area contributed by atoms with E-state index in [-0.39, 0.29) is 12.0 Å². The van der Waals surface area contributed by atoms with E-state index in [0.29, 0.717) is 6.54 Å². The van der Waals surface area contributed by atoms with Crippen molar-refractivity contribution < 1.29 is 9.53 Å². The van der Waals surface area contributed by atoms with E-state index < -0.39 is 0 Å². The molecule has 1 aromatic carbocycles. The molecule has 0 radical (unpaired) electrons. The number of carbonyl (C=O) groups excluding carboxylic acids is 1. The molecule has 1 aromatic heterocycles. The van der Waals surface area contributed by atoms with Gasteiger partial charge in [-0.1, -0.05) is 30.3 Å². The summed E-state index contributed by atoms with van der Waals surface area (Å²) in [6.45, 7) is 2.32. The van der Waals surface area contributed by atoms with Crippen molar-refractivity contribution in [3.63, 3.8) is 0 Å². The van der Waals surface area contributed by atoms with E-state index in [2.05, 4.69) is 20.3 Å². The third-order valence-corrected chi connectivity index (χ3v) is 2.93. The number of hydrogen-bond donors (Lipinski definition) is 2. The van der Waals surface area contributed by atoms with Crippen molar-refractivity contribution in [2.75, 3.05) is 7.11 Å². The number of esters is 1. The third-order valence-electron chi connectivity index (χ3n) is 2.93. The monoisotopic (exact) mass is 259 g/mol. The van der Waals surface area contributed by atoms with Gasteiger partial charge in [0.25, 0.3) is 0 Å². The van der Waals surface area contributed by atoms with Gasteiger partial charge in [-0.25, -0.2) is 0 Å². The Morgan fingerprint density at radius 1 is 1.42 bits per heavy atom. The lowest BCUT2D eigenvalue weighted by Crippen LogP contribution is -2.34. The van der Waals surface area contributed by atoms with E-state index in [1.54, 1.807) is 13.1 Å². The quantitative estimate of drug-likeness (QED) is 0.802. The molecule has 0 saturated heterocycles. The molecule has 0 amide bonds. The normalized spacial score (nSPS) is 12.1. The van der Waals surface area contributed by atoms with Gasteiger partial charge >= 0.3 is 5.97 Å². The van der Waals surface area contributed by atoms with Crippen LogP contribution in [0.25, 0.3) is 11.3 Å². The number of methoxy groups -OCH3 is 1. The lowest BCUT2D eigenvalue weighted by molar-refractivity contribution is -0.142. The predicted octanol–water partition coefficient (Wildman–Crippen LogP) is 1.73. The molecule has 0 bridgehead atoms. The maximum absolute atomic E-state index is 11.3. The van der Waals surface area contributed by atoms with Gasteiger partial charge in [0.05, 0.1) is 19.0 Å². The maximum Gasteiger partial charge on any atom is 0.322 e. The molecule has 0 aliphatic heterocycles. The summed E-state index contributed by atoms with van der Waals surface area (Å²) >= 11 is 0. The Morgan fingerprint density at radius 2 is 2.16 bits per heavy atom. The minimum absolute atomic E-state index is 0.273. The Kier molecular flexibility index (Phi) is 4.30. The molecule has 0 unspecified atom stereocenters. The zero-order valence-electron chi connectivity index (χ0n) is 11.0.